The van der Waals surface area contributed by atoms with E-state index in [4.69, 9.17) is 0 Å². The highest BCUT2D eigenvalue weighted by Crippen LogP contribution is 2.37. The maximum Gasteiger partial charge on any atom is 0.129 e. The largest absolute Gasteiger partial charge is 0.507 e. The minimum absolute atomic E-state index is 0.0696. The molecule has 108 valence electrons. The number of phenols is 1. The van der Waals surface area contributed by atoms with Crippen LogP contribution >= 0.6 is 0 Å². The minimum Gasteiger partial charge on any atom is -0.507 e. The molecule has 4 heteroatoms. The fourth-order valence-corrected chi connectivity index (χ4v) is 3.35. The maximum absolute atomic E-state index is 13.7. The third-order valence-electron chi connectivity index (χ3n) is 4.25. The van der Waals surface area contributed by atoms with Crippen LogP contribution in [0, 0.1) is 5.82 Å². The van der Waals surface area contributed by atoms with Crippen molar-refractivity contribution >= 4 is 10.9 Å². The van der Waals surface area contributed by atoms with E-state index in [0.717, 1.165) is 36.8 Å². The summed E-state index contributed by atoms with van der Waals surface area (Å²) in [5.74, 6) is -0.304. The monoisotopic (exact) mass is 276 g/mol. The summed E-state index contributed by atoms with van der Waals surface area (Å²) in [4.78, 5) is 2.30. The Bertz CT molecular complexity index is 660. The minimum atomic E-state index is -0.373. The molecule has 0 spiro atoms. The van der Waals surface area contributed by atoms with Gasteiger partial charge in [-0.1, -0.05) is 0 Å². The molecule has 2 aromatic rings. The SMILES string of the molecule is CC(C)n1c2c(c3c(O)cc(F)cc31)CCN(C)CC2. The number of fused-ring (bicyclic) bond motifs is 3. The van der Waals surface area contributed by atoms with Gasteiger partial charge in [-0.3, -0.25) is 0 Å². The van der Waals surface area contributed by atoms with Gasteiger partial charge in [-0.2, -0.15) is 0 Å². The van der Waals surface area contributed by atoms with Crippen molar-refractivity contribution < 1.29 is 9.50 Å². The molecule has 0 aliphatic carbocycles. The lowest BCUT2D eigenvalue weighted by Gasteiger charge is -2.16. The summed E-state index contributed by atoms with van der Waals surface area (Å²) in [6.45, 7) is 6.19. The van der Waals surface area contributed by atoms with Crippen molar-refractivity contribution in [2.24, 2.45) is 0 Å². The number of phenolic OH excluding ortho intramolecular Hbond substituents is 1. The summed E-state index contributed by atoms with van der Waals surface area (Å²) in [5, 5.41) is 11.0. The summed E-state index contributed by atoms with van der Waals surface area (Å²) in [6, 6.07) is 3.03. The predicted molar refractivity (Wildman–Crippen MR) is 78.9 cm³/mol. The van der Waals surface area contributed by atoms with Crippen LogP contribution in [0.15, 0.2) is 12.1 Å². The molecule has 3 rings (SSSR count). The van der Waals surface area contributed by atoms with Crippen LogP contribution in [0.2, 0.25) is 0 Å². The number of rotatable bonds is 1. The number of benzene rings is 1. The molecule has 0 unspecified atom stereocenters. The number of halogens is 1. The molecule has 0 radical (unpaired) electrons. The molecule has 0 atom stereocenters. The van der Waals surface area contributed by atoms with Crippen LogP contribution in [0.3, 0.4) is 0 Å². The van der Waals surface area contributed by atoms with Crippen LogP contribution in [0.1, 0.15) is 31.1 Å². The number of likely N-dealkylation sites (N-methyl/N-ethyl adjacent to an activating group) is 1. The van der Waals surface area contributed by atoms with Crippen LogP contribution in [0.25, 0.3) is 10.9 Å². The van der Waals surface area contributed by atoms with E-state index in [1.807, 2.05) is 0 Å². The summed E-state index contributed by atoms with van der Waals surface area (Å²) in [5.41, 5.74) is 3.27. The Morgan fingerprint density at radius 2 is 1.90 bits per heavy atom. The molecule has 0 saturated carbocycles. The molecule has 1 aliphatic heterocycles. The van der Waals surface area contributed by atoms with Crippen LogP contribution in [0.5, 0.6) is 5.75 Å². The molecule has 0 fully saturated rings. The molecule has 2 heterocycles. The normalized spacial score (nSPS) is 16.6. The number of aromatic hydroxyl groups is 1. The second-order valence-corrected chi connectivity index (χ2v) is 6.01. The standard InChI is InChI=1S/C16H21FN2O/c1-10(2)19-13-5-7-18(3)6-4-12(13)16-14(19)8-11(17)9-15(16)20/h8-10,20H,4-7H2,1-3H3. The second-order valence-electron chi connectivity index (χ2n) is 6.01. The fourth-order valence-electron chi connectivity index (χ4n) is 3.35. The number of hydrogen-bond donors (Lipinski definition) is 1. The van der Waals surface area contributed by atoms with Crippen LogP contribution in [-0.4, -0.2) is 34.7 Å². The van der Waals surface area contributed by atoms with Crippen molar-refractivity contribution in [3.8, 4) is 5.75 Å². The van der Waals surface area contributed by atoms with E-state index in [1.54, 1.807) is 6.07 Å². The van der Waals surface area contributed by atoms with Gasteiger partial charge in [0.05, 0.1) is 5.52 Å². The van der Waals surface area contributed by atoms with Crippen molar-refractivity contribution in [2.45, 2.75) is 32.7 Å². The zero-order chi connectivity index (χ0) is 14.4. The molecule has 0 bridgehead atoms. The van der Waals surface area contributed by atoms with E-state index < -0.39 is 0 Å². The Labute approximate surface area is 118 Å². The van der Waals surface area contributed by atoms with Crippen molar-refractivity contribution in [1.29, 1.82) is 0 Å². The quantitative estimate of drug-likeness (QED) is 0.867. The van der Waals surface area contributed by atoms with Gasteiger partial charge in [0.15, 0.2) is 0 Å². The Morgan fingerprint density at radius 1 is 1.20 bits per heavy atom. The van der Waals surface area contributed by atoms with Gasteiger partial charge in [0.2, 0.25) is 0 Å². The van der Waals surface area contributed by atoms with Crippen molar-refractivity contribution in [3.63, 3.8) is 0 Å². The molecule has 1 aliphatic rings. The highest BCUT2D eigenvalue weighted by atomic mass is 19.1. The zero-order valence-corrected chi connectivity index (χ0v) is 12.3. The first-order chi connectivity index (χ1) is 9.49. The first-order valence-corrected chi connectivity index (χ1v) is 7.21. The lowest BCUT2D eigenvalue weighted by Crippen LogP contribution is -2.21. The Hall–Kier alpha value is -1.55. The molecular weight excluding hydrogens is 255 g/mol. The Balaban J connectivity index is 2.34. The van der Waals surface area contributed by atoms with E-state index in [-0.39, 0.29) is 17.6 Å². The molecule has 1 aromatic heterocycles. The molecule has 20 heavy (non-hydrogen) atoms. The van der Waals surface area contributed by atoms with Crippen molar-refractivity contribution in [2.75, 3.05) is 20.1 Å². The predicted octanol–water partition coefficient (Wildman–Crippen LogP) is 3.10. The lowest BCUT2D eigenvalue weighted by molar-refractivity contribution is 0.350. The van der Waals surface area contributed by atoms with E-state index >= 15 is 0 Å². The summed E-state index contributed by atoms with van der Waals surface area (Å²) in [7, 11) is 2.12. The van der Waals surface area contributed by atoms with Crippen LogP contribution in [0.4, 0.5) is 4.39 Å². The Kier molecular flexibility index (Phi) is 3.21. The van der Waals surface area contributed by atoms with Gasteiger partial charge in [-0.15, -0.1) is 0 Å². The summed E-state index contributed by atoms with van der Waals surface area (Å²) in [6.07, 6.45) is 1.85. The van der Waals surface area contributed by atoms with Crippen molar-refractivity contribution in [1.82, 2.24) is 9.47 Å². The van der Waals surface area contributed by atoms with Gasteiger partial charge < -0.3 is 14.6 Å². The third-order valence-corrected chi connectivity index (χ3v) is 4.25. The molecule has 1 aromatic carbocycles. The first kappa shape index (κ1) is 13.4. The molecular formula is C16H21FN2O. The molecule has 0 saturated heterocycles. The topological polar surface area (TPSA) is 28.4 Å². The van der Waals surface area contributed by atoms with Gasteiger partial charge >= 0.3 is 0 Å². The highest BCUT2D eigenvalue weighted by Gasteiger charge is 2.24. The summed E-state index contributed by atoms with van der Waals surface area (Å²) >= 11 is 0. The van der Waals surface area contributed by atoms with E-state index in [0.29, 0.717) is 0 Å². The van der Waals surface area contributed by atoms with E-state index in [9.17, 15) is 9.50 Å². The van der Waals surface area contributed by atoms with Gasteiger partial charge in [0.25, 0.3) is 0 Å². The van der Waals surface area contributed by atoms with Gasteiger partial charge in [-0.25, -0.2) is 4.39 Å². The second kappa shape index (κ2) is 4.77. The average molecular weight is 276 g/mol. The van der Waals surface area contributed by atoms with Crippen molar-refractivity contribution in [3.05, 3.63) is 29.2 Å². The number of nitrogens with zero attached hydrogens (tertiary/aromatic N) is 2. The fraction of sp³-hybridized carbons (Fsp3) is 0.500. The first-order valence-electron chi connectivity index (χ1n) is 7.21. The average Bonchev–Trinajstić information content (AvgIpc) is 2.56. The zero-order valence-electron chi connectivity index (χ0n) is 12.3. The number of hydrogen-bond acceptors (Lipinski definition) is 2. The van der Waals surface area contributed by atoms with Gasteiger partial charge in [0.1, 0.15) is 11.6 Å². The smallest absolute Gasteiger partial charge is 0.129 e. The van der Waals surface area contributed by atoms with E-state index in [1.165, 1.54) is 17.3 Å². The summed E-state index contributed by atoms with van der Waals surface area (Å²) < 4.78 is 15.9. The van der Waals surface area contributed by atoms with Crippen LogP contribution in [-0.2, 0) is 12.8 Å². The van der Waals surface area contributed by atoms with Crippen LogP contribution < -0.4 is 0 Å². The Morgan fingerprint density at radius 3 is 2.60 bits per heavy atom. The van der Waals surface area contributed by atoms with E-state index in [2.05, 4.69) is 30.4 Å². The van der Waals surface area contributed by atoms with Gasteiger partial charge in [0, 0.05) is 42.7 Å². The third kappa shape index (κ3) is 1.99. The maximum atomic E-state index is 13.7. The molecule has 1 N–H and O–H groups in total. The highest BCUT2D eigenvalue weighted by molar-refractivity contribution is 5.91. The molecule has 0 amide bonds. The van der Waals surface area contributed by atoms with Gasteiger partial charge in [-0.05, 0) is 38.9 Å². The number of aromatic nitrogens is 1. The lowest BCUT2D eigenvalue weighted by atomic mass is 10.1. The molecule has 3 nitrogen and oxygen atoms in total.